The lowest BCUT2D eigenvalue weighted by Gasteiger charge is -2.02. The van der Waals surface area contributed by atoms with Crippen molar-refractivity contribution in [3.8, 4) is 5.75 Å². The van der Waals surface area contributed by atoms with E-state index in [-0.39, 0.29) is 5.91 Å². The highest BCUT2D eigenvalue weighted by molar-refractivity contribution is 5.86. The van der Waals surface area contributed by atoms with Crippen molar-refractivity contribution in [2.45, 2.75) is 13.8 Å². The van der Waals surface area contributed by atoms with E-state index in [0.29, 0.717) is 11.4 Å². The fourth-order valence-corrected chi connectivity index (χ4v) is 1.12. The highest BCUT2D eigenvalue weighted by Gasteiger charge is 2.02. The van der Waals surface area contributed by atoms with Crippen LogP contribution in [0.3, 0.4) is 0 Å². The van der Waals surface area contributed by atoms with Gasteiger partial charge in [-0.25, -0.2) is 4.79 Å². The molecule has 0 spiro atoms. The van der Waals surface area contributed by atoms with Crippen LogP contribution in [0.25, 0.3) is 0 Å². The Balaban J connectivity index is 2.57. The number of hydrogen-bond donors (Lipinski definition) is 1. The van der Waals surface area contributed by atoms with E-state index in [1.807, 2.05) is 6.07 Å². The number of ether oxygens (including phenoxy) is 1. The van der Waals surface area contributed by atoms with Crippen molar-refractivity contribution in [2.75, 3.05) is 0 Å². The molecule has 0 aliphatic rings. The van der Waals surface area contributed by atoms with Crippen molar-refractivity contribution < 1.29 is 14.3 Å². The molecule has 0 unspecified atom stereocenters. The molecule has 0 aliphatic heterocycles. The van der Waals surface area contributed by atoms with Crippen molar-refractivity contribution in [1.82, 2.24) is 5.32 Å². The minimum atomic E-state index is -0.516. The molecule has 4 nitrogen and oxygen atoms in total. The topological polar surface area (TPSA) is 55.4 Å². The highest BCUT2D eigenvalue weighted by Crippen LogP contribution is 2.08. The summed E-state index contributed by atoms with van der Waals surface area (Å²) < 4.78 is 5.00. The van der Waals surface area contributed by atoms with Gasteiger partial charge in [0, 0.05) is 18.7 Å². The summed E-state index contributed by atoms with van der Waals surface area (Å²) >= 11 is 0. The lowest BCUT2D eigenvalue weighted by atomic mass is 10.3. The van der Waals surface area contributed by atoms with Crippen molar-refractivity contribution in [3.05, 3.63) is 42.1 Å². The predicted molar refractivity (Wildman–Crippen MR) is 59.7 cm³/mol. The van der Waals surface area contributed by atoms with E-state index in [1.54, 1.807) is 31.2 Å². The summed E-state index contributed by atoms with van der Waals surface area (Å²) in [4.78, 5) is 22.0. The lowest BCUT2D eigenvalue weighted by Crippen LogP contribution is -2.19. The molecule has 4 heteroatoms. The Morgan fingerprint density at radius 1 is 1.19 bits per heavy atom. The SMILES string of the molecule is CC(=O)N/C(C)=C\C(=O)Oc1ccccc1. The fraction of sp³-hybridized carbons (Fsp3) is 0.167. The minimum absolute atomic E-state index is 0.221. The number of carbonyl (C=O) groups excluding carboxylic acids is 2. The van der Waals surface area contributed by atoms with Crippen LogP contribution in [0.5, 0.6) is 5.75 Å². The van der Waals surface area contributed by atoms with Gasteiger partial charge in [0.2, 0.25) is 5.91 Å². The summed E-state index contributed by atoms with van der Waals surface area (Å²) in [6.07, 6.45) is 1.23. The van der Waals surface area contributed by atoms with Gasteiger partial charge in [-0.1, -0.05) is 18.2 Å². The molecule has 0 heterocycles. The Morgan fingerprint density at radius 3 is 2.38 bits per heavy atom. The smallest absolute Gasteiger partial charge is 0.337 e. The average Bonchev–Trinajstić information content (AvgIpc) is 2.17. The maximum Gasteiger partial charge on any atom is 0.337 e. The van der Waals surface area contributed by atoms with Crippen molar-refractivity contribution in [3.63, 3.8) is 0 Å². The number of rotatable bonds is 3. The summed E-state index contributed by atoms with van der Waals surface area (Å²) in [7, 11) is 0. The number of nitrogens with one attached hydrogen (secondary N) is 1. The van der Waals surface area contributed by atoms with Gasteiger partial charge in [-0.05, 0) is 19.1 Å². The predicted octanol–water partition coefficient (Wildman–Crippen LogP) is 1.63. The quantitative estimate of drug-likeness (QED) is 0.477. The van der Waals surface area contributed by atoms with Gasteiger partial charge in [0.05, 0.1) is 0 Å². The van der Waals surface area contributed by atoms with Crippen LogP contribution in [0.15, 0.2) is 42.1 Å². The maximum atomic E-state index is 11.4. The van der Waals surface area contributed by atoms with Crippen LogP contribution in [0.4, 0.5) is 0 Å². The van der Waals surface area contributed by atoms with Crippen LogP contribution in [-0.4, -0.2) is 11.9 Å². The lowest BCUT2D eigenvalue weighted by molar-refractivity contribution is -0.129. The Morgan fingerprint density at radius 2 is 1.81 bits per heavy atom. The zero-order valence-corrected chi connectivity index (χ0v) is 9.19. The molecule has 16 heavy (non-hydrogen) atoms. The zero-order valence-electron chi connectivity index (χ0n) is 9.19. The molecule has 1 aromatic carbocycles. The molecule has 0 aliphatic carbocycles. The van der Waals surface area contributed by atoms with Crippen LogP contribution in [0.1, 0.15) is 13.8 Å². The third-order valence-corrected chi connectivity index (χ3v) is 1.67. The maximum absolute atomic E-state index is 11.4. The molecule has 1 rings (SSSR count). The Hall–Kier alpha value is -2.10. The Kier molecular flexibility index (Phi) is 4.27. The van der Waals surface area contributed by atoms with Gasteiger partial charge in [-0.3, -0.25) is 4.79 Å². The van der Waals surface area contributed by atoms with Crippen LogP contribution < -0.4 is 10.1 Å². The first-order chi connectivity index (χ1) is 7.58. The number of amides is 1. The largest absolute Gasteiger partial charge is 0.423 e. The number of benzene rings is 1. The Labute approximate surface area is 93.9 Å². The molecule has 84 valence electrons. The summed E-state index contributed by atoms with van der Waals surface area (Å²) in [6, 6.07) is 8.73. The molecule has 0 saturated heterocycles. The molecule has 0 aromatic heterocycles. The second kappa shape index (κ2) is 5.70. The van der Waals surface area contributed by atoms with Gasteiger partial charge in [-0.2, -0.15) is 0 Å². The number of hydrogen-bond acceptors (Lipinski definition) is 3. The second-order valence-corrected chi connectivity index (χ2v) is 3.24. The third kappa shape index (κ3) is 4.41. The van der Waals surface area contributed by atoms with Crippen molar-refractivity contribution in [1.29, 1.82) is 0 Å². The monoisotopic (exact) mass is 219 g/mol. The Bertz CT molecular complexity index is 410. The number of carbonyl (C=O) groups is 2. The van der Waals surface area contributed by atoms with Crippen molar-refractivity contribution >= 4 is 11.9 Å². The van der Waals surface area contributed by atoms with E-state index in [1.165, 1.54) is 13.0 Å². The third-order valence-electron chi connectivity index (χ3n) is 1.67. The molecular formula is C12H13NO3. The van der Waals surface area contributed by atoms with Crippen LogP contribution >= 0.6 is 0 Å². The van der Waals surface area contributed by atoms with Crippen LogP contribution in [0, 0.1) is 0 Å². The van der Waals surface area contributed by atoms with Crippen LogP contribution in [-0.2, 0) is 9.59 Å². The van der Waals surface area contributed by atoms with E-state index >= 15 is 0 Å². The molecule has 1 aromatic rings. The molecular weight excluding hydrogens is 206 g/mol. The van der Waals surface area contributed by atoms with Gasteiger partial charge < -0.3 is 10.1 Å². The minimum Gasteiger partial charge on any atom is -0.423 e. The normalized spacial score (nSPS) is 10.8. The first-order valence-corrected chi connectivity index (χ1v) is 4.80. The van der Waals surface area contributed by atoms with Gasteiger partial charge in [0.25, 0.3) is 0 Å². The summed E-state index contributed by atoms with van der Waals surface area (Å²) in [5.74, 6) is -0.266. The second-order valence-electron chi connectivity index (χ2n) is 3.24. The summed E-state index contributed by atoms with van der Waals surface area (Å²) in [5.41, 5.74) is 0.452. The molecule has 0 saturated carbocycles. The number of para-hydroxylation sites is 1. The van der Waals surface area contributed by atoms with Gasteiger partial charge in [0.1, 0.15) is 5.75 Å². The van der Waals surface area contributed by atoms with Gasteiger partial charge in [-0.15, -0.1) is 0 Å². The van der Waals surface area contributed by atoms with E-state index < -0.39 is 5.97 Å². The first kappa shape index (κ1) is 12.0. The standard InChI is InChI=1S/C12H13NO3/c1-9(13-10(2)14)8-12(15)16-11-6-4-3-5-7-11/h3-8H,1-2H3,(H,13,14)/b9-8-. The van der Waals surface area contributed by atoms with E-state index in [4.69, 9.17) is 4.74 Å². The molecule has 0 fully saturated rings. The van der Waals surface area contributed by atoms with E-state index in [2.05, 4.69) is 5.32 Å². The van der Waals surface area contributed by atoms with Crippen molar-refractivity contribution in [2.24, 2.45) is 0 Å². The molecule has 1 N–H and O–H groups in total. The molecule has 0 atom stereocenters. The van der Waals surface area contributed by atoms with E-state index in [0.717, 1.165) is 0 Å². The summed E-state index contributed by atoms with van der Waals surface area (Å²) in [5, 5.41) is 2.48. The average molecular weight is 219 g/mol. The van der Waals surface area contributed by atoms with Gasteiger partial charge >= 0.3 is 5.97 Å². The van der Waals surface area contributed by atoms with Gasteiger partial charge in [0.15, 0.2) is 0 Å². The fourth-order valence-electron chi connectivity index (χ4n) is 1.12. The van der Waals surface area contributed by atoms with Crippen LogP contribution in [0.2, 0.25) is 0 Å². The summed E-state index contributed by atoms with van der Waals surface area (Å²) in [6.45, 7) is 2.99. The molecule has 1 amide bonds. The number of allylic oxidation sites excluding steroid dienone is 1. The molecule has 0 bridgehead atoms. The zero-order chi connectivity index (χ0) is 12.0. The first-order valence-electron chi connectivity index (χ1n) is 4.80. The number of esters is 1. The highest BCUT2D eigenvalue weighted by atomic mass is 16.5. The van der Waals surface area contributed by atoms with E-state index in [9.17, 15) is 9.59 Å². The molecule has 0 radical (unpaired) electrons.